The van der Waals surface area contributed by atoms with Crippen LogP contribution in [0.25, 0.3) is 0 Å². The van der Waals surface area contributed by atoms with Gasteiger partial charge in [-0.05, 0) is 61.4 Å². The summed E-state index contributed by atoms with van der Waals surface area (Å²) >= 11 is 3.52. The number of carbonyl (C=O) groups excluding carboxylic acids is 2. The predicted octanol–water partition coefficient (Wildman–Crippen LogP) is 4.07. The summed E-state index contributed by atoms with van der Waals surface area (Å²) in [6, 6.07) is 11.1. The molecule has 1 aliphatic rings. The number of aryl methyl sites for hydroxylation is 2. The van der Waals surface area contributed by atoms with Crippen LogP contribution < -0.4 is 15.0 Å². The molecule has 0 aliphatic carbocycles. The minimum Gasteiger partial charge on any atom is -0.497 e. The van der Waals surface area contributed by atoms with E-state index in [2.05, 4.69) is 21.2 Å². The van der Waals surface area contributed by atoms with Gasteiger partial charge in [0, 0.05) is 28.8 Å². The lowest BCUT2D eigenvalue weighted by molar-refractivity contribution is -0.122. The summed E-state index contributed by atoms with van der Waals surface area (Å²) in [7, 11) is 1.60. The number of hydrogen-bond acceptors (Lipinski definition) is 3. The Bertz CT molecular complexity index is 826. The van der Waals surface area contributed by atoms with Crippen LogP contribution in [0.3, 0.4) is 0 Å². The highest BCUT2D eigenvalue weighted by Gasteiger charge is 2.35. The third-order valence-electron chi connectivity index (χ3n) is 4.58. The topological polar surface area (TPSA) is 58.6 Å². The molecule has 1 aliphatic heterocycles. The van der Waals surface area contributed by atoms with E-state index in [1.807, 2.05) is 50.2 Å². The van der Waals surface area contributed by atoms with Crippen LogP contribution in [0.1, 0.15) is 17.5 Å². The van der Waals surface area contributed by atoms with Crippen molar-refractivity contribution in [3.63, 3.8) is 0 Å². The lowest BCUT2D eigenvalue weighted by Crippen LogP contribution is -2.28. The summed E-state index contributed by atoms with van der Waals surface area (Å²) in [6.45, 7) is 4.35. The van der Waals surface area contributed by atoms with Crippen molar-refractivity contribution in [3.05, 3.63) is 52.0 Å². The maximum atomic E-state index is 12.6. The van der Waals surface area contributed by atoms with Gasteiger partial charge in [0.25, 0.3) is 0 Å². The van der Waals surface area contributed by atoms with E-state index in [0.29, 0.717) is 6.54 Å². The Labute approximate surface area is 161 Å². The Morgan fingerprint density at radius 3 is 2.38 bits per heavy atom. The molecule has 1 saturated heterocycles. The number of nitrogens with zero attached hydrogens (tertiary/aromatic N) is 1. The second-order valence-corrected chi connectivity index (χ2v) is 7.31. The quantitative estimate of drug-likeness (QED) is 0.816. The molecular formula is C20H21BrN2O3. The van der Waals surface area contributed by atoms with Gasteiger partial charge in [-0.15, -0.1) is 0 Å². The van der Waals surface area contributed by atoms with Crippen LogP contribution in [-0.4, -0.2) is 25.5 Å². The second kappa shape index (κ2) is 7.50. The molecule has 2 aromatic carbocycles. The smallest absolute Gasteiger partial charge is 0.229 e. The summed E-state index contributed by atoms with van der Waals surface area (Å²) in [5, 5.41) is 2.94. The normalized spacial score (nSPS) is 16.7. The highest BCUT2D eigenvalue weighted by Crippen LogP contribution is 2.29. The van der Waals surface area contributed by atoms with Gasteiger partial charge in [-0.25, -0.2) is 0 Å². The largest absolute Gasteiger partial charge is 0.497 e. The molecule has 1 atom stereocenters. The van der Waals surface area contributed by atoms with E-state index < -0.39 is 0 Å². The summed E-state index contributed by atoms with van der Waals surface area (Å²) in [5.74, 6) is 0.193. The van der Waals surface area contributed by atoms with Crippen molar-refractivity contribution in [1.82, 2.24) is 0 Å². The zero-order valence-electron chi connectivity index (χ0n) is 15.0. The number of halogens is 1. The van der Waals surface area contributed by atoms with Gasteiger partial charge in [0.1, 0.15) is 5.75 Å². The van der Waals surface area contributed by atoms with Gasteiger partial charge >= 0.3 is 0 Å². The van der Waals surface area contributed by atoms with Crippen molar-refractivity contribution in [2.24, 2.45) is 5.92 Å². The number of amides is 2. The summed E-state index contributed by atoms with van der Waals surface area (Å²) in [4.78, 5) is 26.6. The number of hydrogen-bond donors (Lipinski definition) is 1. The van der Waals surface area contributed by atoms with Crippen molar-refractivity contribution in [2.75, 3.05) is 23.9 Å². The lowest BCUT2D eigenvalue weighted by Gasteiger charge is -2.17. The number of carbonyl (C=O) groups is 2. The summed E-state index contributed by atoms with van der Waals surface area (Å²) < 4.78 is 6.18. The Balaban J connectivity index is 1.70. The van der Waals surface area contributed by atoms with Crippen LogP contribution in [0.5, 0.6) is 5.75 Å². The fraction of sp³-hybridized carbons (Fsp3) is 0.300. The van der Waals surface area contributed by atoms with Gasteiger partial charge < -0.3 is 15.0 Å². The highest BCUT2D eigenvalue weighted by atomic mass is 79.9. The molecule has 2 aromatic rings. The molecule has 5 nitrogen and oxygen atoms in total. The Morgan fingerprint density at radius 1 is 1.19 bits per heavy atom. The van der Waals surface area contributed by atoms with E-state index in [-0.39, 0.29) is 24.2 Å². The van der Waals surface area contributed by atoms with Crippen LogP contribution in [0.15, 0.2) is 40.9 Å². The highest BCUT2D eigenvalue weighted by molar-refractivity contribution is 9.10. The van der Waals surface area contributed by atoms with E-state index in [9.17, 15) is 9.59 Å². The number of ether oxygens (including phenoxy) is 1. The maximum Gasteiger partial charge on any atom is 0.229 e. The lowest BCUT2D eigenvalue weighted by atomic mass is 10.1. The van der Waals surface area contributed by atoms with Gasteiger partial charge in [-0.3, -0.25) is 9.59 Å². The second-order valence-electron chi connectivity index (χ2n) is 6.52. The van der Waals surface area contributed by atoms with Gasteiger partial charge in [0.05, 0.1) is 13.0 Å². The van der Waals surface area contributed by atoms with Crippen LogP contribution in [0.4, 0.5) is 11.4 Å². The van der Waals surface area contributed by atoms with Crippen molar-refractivity contribution in [2.45, 2.75) is 20.3 Å². The molecule has 1 unspecified atom stereocenters. The van der Waals surface area contributed by atoms with E-state index in [4.69, 9.17) is 4.74 Å². The van der Waals surface area contributed by atoms with Crippen molar-refractivity contribution < 1.29 is 14.3 Å². The van der Waals surface area contributed by atoms with Crippen LogP contribution in [-0.2, 0) is 9.59 Å². The molecule has 1 heterocycles. The van der Waals surface area contributed by atoms with Crippen molar-refractivity contribution in [3.8, 4) is 5.75 Å². The predicted molar refractivity (Wildman–Crippen MR) is 106 cm³/mol. The first-order valence-corrected chi connectivity index (χ1v) is 9.20. The molecule has 6 heteroatoms. The molecule has 1 fully saturated rings. The Hall–Kier alpha value is -2.34. The molecular weight excluding hydrogens is 396 g/mol. The minimum atomic E-state index is -0.367. The average Bonchev–Trinajstić information content (AvgIpc) is 3.01. The first-order valence-electron chi connectivity index (χ1n) is 8.41. The zero-order chi connectivity index (χ0) is 18.8. The molecule has 0 spiro atoms. The fourth-order valence-corrected chi connectivity index (χ4v) is 3.39. The summed E-state index contributed by atoms with van der Waals surface area (Å²) in [5.41, 5.74) is 3.65. The molecule has 0 saturated carbocycles. The first-order chi connectivity index (χ1) is 12.4. The van der Waals surface area contributed by atoms with Gasteiger partial charge in [0.2, 0.25) is 11.8 Å². The number of rotatable bonds is 4. The first kappa shape index (κ1) is 18.5. The van der Waals surface area contributed by atoms with Crippen LogP contribution in [0, 0.1) is 19.8 Å². The van der Waals surface area contributed by atoms with Crippen LogP contribution in [0.2, 0.25) is 0 Å². The molecule has 3 rings (SSSR count). The van der Waals surface area contributed by atoms with E-state index in [1.165, 1.54) is 0 Å². The number of nitrogens with one attached hydrogen (secondary N) is 1. The van der Waals surface area contributed by atoms with Crippen LogP contribution >= 0.6 is 15.9 Å². The average molecular weight is 417 g/mol. The minimum absolute atomic E-state index is 0.0431. The Morgan fingerprint density at radius 2 is 1.81 bits per heavy atom. The Kier molecular flexibility index (Phi) is 5.32. The van der Waals surface area contributed by atoms with Gasteiger partial charge in [-0.2, -0.15) is 0 Å². The molecule has 2 amide bonds. The van der Waals surface area contributed by atoms with E-state index in [0.717, 1.165) is 32.7 Å². The molecule has 0 radical (unpaired) electrons. The molecule has 1 N–H and O–H groups in total. The van der Waals surface area contributed by atoms with Gasteiger partial charge in [-0.1, -0.05) is 15.9 Å². The zero-order valence-corrected chi connectivity index (χ0v) is 16.6. The monoisotopic (exact) mass is 416 g/mol. The molecule has 26 heavy (non-hydrogen) atoms. The maximum absolute atomic E-state index is 12.6. The van der Waals surface area contributed by atoms with Gasteiger partial charge in [0.15, 0.2) is 0 Å². The third kappa shape index (κ3) is 3.75. The van der Waals surface area contributed by atoms with E-state index >= 15 is 0 Å². The third-order valence-corrected chi connectivity index (χ3v) is 5.83. The molecule has 0 bridgehead atoms. The number of benzene rings is 2. The molecule has 136 valence electrons. The van der Waals surface area contributed by atoms with E-state index in [1.54, 1.807) is 12.0 Å². The number of anilines is 2. The molecule has 0 aromatic heterocycles. The SMILES string of the molecule is COc1ccc(N2CC(C(=O)Nc3cc(C)c(Br)c(C)c3)CC2=O)cc1. The van der Waals surface area contributed by atoms with Crippen molar-refractivity contribution in [1.29, 1.82) is 0 Å². The standard InChI is InChI=1S/C20H21BrN2O3/c1-12-8-15(9-13(2)19(12)21)22-20(25)14-10-18(24)23(11-14)16-4-6-17(26-3)7-5-16/h4-9,14H,10-11H2,1-3H3,(H,22,25). The summed E-state index contributed by atoms with van der Waals surface area (Å²) in [6.07, 6.45) is 0.215. The fourth-order valence-electron chi connectivity index (χ4n) is 3.16. The number of methoxy groups -OCH3 is 1. The van der Waals surface area contributed by atoms with Crippen molar-refractivity contribution >= 4 is 39.1 Å².